The van der Waals surface area contributed by atoms with Gasteiger partial charge in [-0.2, -0.15) is 0 Å². The normalized spacial score (nSPS) is 13.3. The molecule has 9 heteroatoms. The van der Waals surface area contributed by atoms with Crippen LogP contribution in [0.4, 0.5) is 17.1 Å². The Balaban J connectivity index is 1.53. The van der Waals surface area contributed by atoms with Crippen LogP contribution in [0.25, 0.3) is 33.4 Å². The highest BCUT2D eigenvalue weighted by Crippen LogP contribution is 2.57. The molecule has 0 spiro atoms. The summed E-state index contributed by atoms with van der Waals surface area (Å²) in [7, 11) is 0. The van der Waals surface area contributed by atoms with E-state index < -0.39 is 14.8 Å². The van der Waals surface area contributed by atoms with Crippen LogP contribution in [0.5, 0.6) is 0 Å². The van der Waals surface area contributed by atoms with E-state index in [1.807, 2.05) is 0 Å². The van der Waals surface area contributed by atoms with Crippen molar-refractivity contribution in [1.29, 1.82) is 0 Å². The maximum atomic E-state index is 11.4. The summed E-state index contributed by atoms with van der Waals surface area (Å²) in [6, 6.07) is 14.8. The molecule has 0 radical (unpaired) electrons. The van der Waals surface area contributed by atoms with E-state index in [4.69, 9.17) is 0 Å². The summed E-state index contributed by atoms with van der Waals surface area (Å²) in [6.07, 6.45) is 1.57. The molecule has 0 amide bonds. The molecular formula is C27H15N3O6. The second-order valence-corrected chi connectivity index (χ2v) is 9.39. The third kappa shape index (κ3) is 2.59. The number of non-ortho nitro benzene ring substituents is 3. The van der Waals surface area contributed by atoms with E-state index in [2.05, 4.69) is 0 Å². The van der Waals surface area contributed by atoms with Gasteiger partial charge in [-0.05, 0) is 104 Å². The lowest BCUT2D eigenvalue weighted by Gasteiger charge is -2.17. The lowest BCUT2D eigenvalue weighted by Crippen LogP contribution is -1.97. The minimum Gasteiger partial charge on any atom is -0.258 e. The summed E-state index contributed by atoms with van der Waals surface area (Å²) in [5.74, 6) is 0. The van der Waals surface area contributed by atoms with Crippen molar-refractivity contribution in [2.75, 3.05) is 0 Å². The van der Waals surface area contributed by atoms with Crippen molar-refractivity contribution in [3.63, 3.8) is 0 Å². The average molecular weight is 477 g/mol. The van der Waals surface area contributed by atoms with E-state index in [0.29, 0.717) is 19.3 Å². The molecule has 7 rings (SSSR count). The highest BCUT2D eigenvalue weighted by atomic mass is 16.6. The van der Waals surface area contributed by atoms with Gasteiger partial charge in [0.15, 0.2) is 0 Å². The molecule has 4 aromatic carbocycles. The van der Waals surface area contributed by atoms with Gasteiger partial charge in [0.1, 0.15) is 0 Å². The summed E-state index contributed by atoms with van der Waals surface area (Å²) in [5.41, 5.74) is 11.8. The fraction of sp³-hybridized carbons (Fsp3) is 0.111. The van der Waals surface area contributed by atoms with Crippen LogP contribution >= 0.6 is 0 Å². The predicted molar refractivity (Wildman–Crippen MR) is 131 cm³/mol. The lowest BCUT2D eigenvalue weighted by atomic mass is 9.86. The zero-order valence-corrected chi connectivity index (χ0v) is 18.6. The molecule has 0 aliphatic heterocycles. The van der Waals surface area contributed by atoms with Crippen LogP contribution in [0, 0.1) is 30.3 Å². The molecule has 174 valence electrons. The third-order valence-electron chi connectivity index (χ3n) is 7.62. The fourth-order valence-corrected chi connectivity index (χ4v) is 6.25. The standard InChI is InChI=1S/C27H15N3O6/c31-28(32)16-1-4-19-13(7-16)10-22-25(19)23-11-14-8-17(29(33)34)2-5-20(14)27(23)24-12-15-9-18(30(35)36)3-6-21(15)26(22)24/h1-9H,10-12H2. The van der Waals surface area contributed by atoms with Crippen molar-refractivity contribution in [2.24, 2.45) is 0 Å². The molecule has 3 aliphatic carbocycles. The number of nitro groups is 3. The van der Waals surface area contributed by atoms with Gasteiger partial charge >= 0.3 is 0 Å². The Labute approximate surface area is 203 Å². The number of hydrogen-bond donors (Lipinski definition) is 0. The van der Waals surface area contributed by atoms with Crippen LogP contribution in [-0.2, 0) is 19.3 Å². The van der Waals surface area contributed by atoms with Crippen LogP contribution in [0.2, 0.25) is 0 Å². The molecule has 0 saturated heterocycles. The van der Waals surface area contributed by atoms with E-state index in [-0.39, 0.29) is 17.1 Å². The number of hydrogen-bond acceptors (Lipinski definition) is 6. The van der Waals surface area contributed by atoms with Crippen LogP contribution in [0.1, 0.15) is 33.4 Å². The number of benzene rings is 4. The number of nitro benzene ring substituents is 3. The van der Waals surface area contributed by atoms with Crippen molar-refractivity contribution in [1.82, 2.24) is 0 Å². The molecule has 0 atom stereocenters. The predicted octanol–water partition coefficient (Wildman–Crippen LogP) is 6.12. The molecule has 9 nitrogen and oxygen atoms in total. The van der Waals surface area contributed by atoms with Crippen LogP contribution in [-0.4, -0.2) is 14.8 Å². The quantitative estimate of drug-likeness (QED) is 0.222. The van der Waals surface area contributed by atoms with Crippen LogP contribution in [0.15, 0.2) is 54.6 Å². The number of nitrogens with zero attached hydrogens (tertiary/aromatic N) is 3. The van der Waals surface area contributed by atoms with Gasteiger partial charge in [0.25, 0.3) is 17.1 Å². The first kappa shape index (κ1) is 20.5. The summed E-state index contributed by atoms with van der Waals surface area (Å²) >= 11 is 0. The molecule has 0 heterocycles. The minimum absolute atomic E-state index is 0.0322. The van der Waals surface area contributed by atoms with Gasteiger partial charge in [0.05, 0.1) is 14.8 Å². The maximum absolute atomic E-state index is 11.4. The average Bonchev–Trinajstić information content (AvgIpc) is 3.52. The molecule has 0 N–H and O–H groups in total. The molecule has 0 unspecified atom stereocenters. The van der Waals surface area contributed by atoms with E-state index >= 15 is 0 Å². The van der Waals surface area contributed by atoms with Crippen molar-refractivity contribution in [3.8, 4) is 33.4 Å². The van der Waals surface area contributed by atoms with Crippen LogP contribution in [0.3, 0.4) is 0 Å². The lowest BCUT2D eigenvalue weighted by molar-refractivity contribution is -0.385. The van der Waals surface area contributed by atoms with Crippen molar-refractivity contribution in [3.05, 3.63) is 118 Å². The first-order valence-corrected chi connectivity index (χ1v) is 11.4. The molecule has 3 aliphatic rings. The summed E-state index contributed by atoms with van der Waals surface area (Å²) < 4.78 is 0. The van der Waals surface area contributed by atoms with Gasteiger partial charge in [0.2, 0.25) is 0 Å². The molecule has 0 aromatic heterocycles. The Morgan fingerprint density at radius 3 is 1.00 bits per heavy atom. The Bertz CT molecular complexity index is 1530. The molecule has 4 aromatic rings. The second-order valence-electron chi connectivity index (χ2n) is 9.39. The Morgan fingerprint density at radius 1 is 0.472 bits per heavy atom. The second kappa shape index (κ2) is 6.82. The third-order valence-corrected chi connectivity index (χ3v) is 7.62. The monoisotopic (exact) mass is 477 g/mol. The molecular weight excluding hydrogens is 462 g/mol. The smallest absolute Gasteiger partial charge is 0.258 e. The topological polar surface area (TPSA) is 129 Å². The van der Waals surface area contributed by atoms with E-state index in [0.717, 1.165) is 66.8 Å². The molecule has 0 bridgehead atoms. The molecule has 36 heavy (non-hydrogen) atoms. The van der Waals surface area contributed by atoms with Gasteiger partial charge in [0, 0.05) is 36.4 Å². The van der Waals surface area contributed by atoms with Gasteiger partial charge in [-0.1, -0.05) is 0 Å². The first-order valence-electron chi connectivity index (χ1n) is 11.4. The van der Waals surface area contributed by atoms with Gasteiger partial charge in [-0.25, -0.2) is 0 Å². The first-order chi connectivity index (χ1) is 17.3. The van der Waals surface area contributed by atoms with E-state index in [9.17, 15) is 30.3 Å². The molecule has 0 saturated carbocycles. The van der Waals surface area contributed by atoms with Crippen molar-refractivity contribution in [2.45, 2.75) is 19.3 Å². The SMILES string of the molecule is O=[N+]([O-])c1ccc2c(c1)Cc1c-2c2c(c3c1-c1ccc([N+](=O)[O-])cc1C3)-c1ccc([N+](=O)[O-])cc1C2. The van der Waals surface area contributed by atoms with Crippen molar-refractivity contribution < 1.29 is 14.8 Å². The van der Waals surface area contributed by atoms with E-state index in [1.165, 1.54) is 18.2 Å². The molecule has 0 fully saturated rings. The Hall–Kier alpha value is -4.92. The summed E-state index contributed by atoms with van der Waals surface area (Å²) in [5, 5.41) is 34.3. The Morgan fingerprint density at radius 2 is 0.750 bits per heavy atom. The highest BCUT2D eigenvalue weighted by Gasteiger charge is 2.38. The maximum Gasteiger partial charge on any atom is 0.269 e. The Kier molecular flexibility index (Phi) is 3.87. The number of rotatable bonds is 3. The van der Waals surface area contributed by atoms with Crippen molar-refractivity contribution >= 4 is 17.1 Å². The minimum atomic E-state index is -0.401. The zero-order valence-electron chi connectivity index (χ0n) is 18.6. The summed E-state index contributed by atoms with van der Waals surface area (Å²) in [6.45, 7) is 0. The largest absolute Gasteiger partial charge is 0.269 e. The van der Waals surface area contributed by atoms with Gasteiger partial charge in [-0.15, -0.1) is 0 Å². The van der Waals surface area contributed by atoms with E-state index in [1.54, 1.807) is 36.4 Å². The van der Waals surface area contributed by atoms with Gasteiger partial charge < -0.3 is 0 Å². The van der Waals surface area contributed by atoms with Crippen LogP contribution < -0.4 is 0 Å². The summed E-state index contributed by atoms with van der Waals surface area (Å²) in [4.78, 5) is 33.1. The zero-order chi connectivity index (χ0) is 24.9. The van der Waals surface area contributed by atoms with Gasteiger partial charge in [-0.3, -0.25) is 30.3 Å². The highest BCUT2D eigenvalue weighted by molar-refractivity contribution is 6.00. The number of fused-ring (bicyclic) bond motifs is 12. The fourth-order valence-electron chi connectivity index (χ4n) is 6.25.